The van der Waals surface area contributed by atoms with Crippen molar-refractivity contribution >= 4 is 11.7 Å². The quantitative estimate of drug-likeness (QED) is 0.721. The number of amides is 1. The minimum absolute atomic E-state index is 0.0152. The predicted molar refractivity (Wildman–Crippen MR) is 98.4 cm³/mol. The van der Waals surface area contributed by atoms with Gasteiger partial charge in [0.25, 0.3) is 0 Å². The van der Waals surface area contributed by atoms with Gasteiger partial charge in [-0.2, -0.15) is 10.1 Å². The van der Waals surface area contributed by atoms with E-state index in [4.69, 9.17) is 4.52 Å². The number of carbonyl (C=O) groups excluding carboxylic acids is 2. The van der Waals surface area contributed by atoms with Crippen molar-refractivity contribution in [1.29, 1.82) is 0 Å². The van der Waals surface area contributed by atoms with Crippen LogP contribution in [0.4, 0.5) is 0 Å². The zero-order valence-electron chi connectivity index (χ0n) is 16.5. The van der Waals surface area contributed by atoms with Gasteiger partial charge in [-0.1, -0.05) is 5.16 Å². The Morgan fingerprint density at radius 3 is 2.44 bits per heavy atom. The third-order valence-electron chi connectivity index (χ3n) is 5.28. The number of Topliss-reactive ketones (excluding diaryl/α,β-unsaturated/α-hetero) is 1. The van der Waals surface area contributed by atoms with Crippen molar-refractivity contribution < 1.29 is 14.1 Å². The minimum Gasteiger partial charge on any atom is -0.343 e. The smallest absolute Gasteiger partial charge is 0.224 e. The van der Waals surface area contributed by atoms with E-state index >= 15 is 0 Å². The lowest BCUT2D eigenvalue weighted by molar-refractivity contribution is -0.132. The Labute approximate surface area is 158 Å². The molecule has 0 bridgehead atoms. The van der Waals surface area contributed by atoms with Crippen molar-refractivity contribution in [2.75, 3.05) is 13.1 Å². The highest BCUT2D eigenvalue weighted by Gasteiger charge is 2.24. The van der Waals surface area contributed by atoms with Crippen LogP contribution >= 0.6 is 0 Å². The standard InChI is InChI=1S/C19H27N5O3/c1-12-19(14(3)25)13(2)24(21-12)10-7-18(26)23-8-5-16(6-9-23)11-17-20-15(4)27-22-17/h16H,5-11H2,1-4H3. The summed E-state index contributed by atoms with van der Waals surface area (Å²) in [7, 11) is 0. The number of hydrogen-bond acceptors (Lipinski definition) is 6. The van der Waals surface area contributed by atoms with Crippen LogP contribution in [0.2, 0.25) is 0 Å². The van der Waals surface area contributed by atoms with Gasteiger partial charge in [0.1, 0.15) is 0 Å². The topological polar surface area (TPSA) is 94.1 Å². The molecule has 1 aliphatic heterocycles. The summed E-state index contributed by atoms with van der Waals surface area (Å²) in [6.07, 6.45) is 3.11. The number of nitrogens with zero attached hydrogens (tertiary/aromatic N) is 5. The normalized spacial score (nSPS) is 15.3. The number of aryl methyl sites for hydroxylation is 3. The minimum atomic E-state index is 0.0152. The summed E-state index contributed by atoms with van der Waals surface area (Å²) in [5.41, 5.74) is 2.23. The molecule has 0 radical (unpaired) electrons. The highest BCUT2D eigenvalue weighted by Crippen LogP contribution is 2.21. The summed E-state index contributed by atoms with van der Waals surface area (Å²) >= 11 is 0. The maximum atomic E-state index is 12.6. The molecule has 3 heterocycles. The van der Waals surface area contributed by atoms with Crippen molar-refractivity contribution in [3.05, 3.63) is 28.7 Å². The number of aromatic nitrogens is 4. The molecular formula is C19H27N5O3. The lowest BCUT2D eigenvalue weighted by Crippen LogP contribution is -2.39. The van der Waals surface area contributed by atoms with Crippen LogP contribution in [0.1, 0.15) is 59.6 Å². The number of carbonyl (C=O) groups is 2. The summed E-state index contributed by atoms with van der Waals surface area (Å²) in [6.45, 7) is 9.07. The van der Waals surface area contributed by atoms with Crippen molar-refractivity contribution in [2.45, 2.75) is 59.9 Å². The van der Waals surface area contributed by atoms with E-state index in [0.29, 0.717) is 30.3 Å². The Hall–Kier alpha value is -2.51. The molecule has 1 fully saturated rings. The van der Waals surface area contributed by atoms with Crippen molar-refractivity contribution in [3.8, 4) is 0 Å². The Morgan fingerprint density at radius 1 is 1.19 bits per heavy atom. The van der Waals surface area contributed by atoms with Crippen LogP contribution < -0.4 is 0 Å². The summed E-state index contributed by atoms with van der Waals surface area (Å²) in [5.74, 6) is 1.99. The fraction of sp³-hybridized carbons (Fsp3) is 0.632. The zero-order chi connectivity index (χ0) is 19.6. The molecule has 1 aliphatic rings. The second kappa shape index (κ2) is 8.02. The first-order valence-corrected chi connectivity index (χ1v) is 9.47. The molecule has 0 unspecified atom stereocenters. The van der Waals surface area contributed by atoms with Crippen LogP contribution in [0.5, 0.6) is 0 Å². The van der Waals surface area contributed by atoms with E-state index in [1.54, 1.807) is 18.5 Å². The van der Waals surface area contributed by atoms with E-state index in [0.717, 1.165) is 49.6 Å². The van der Waals surface area contributed by atoms with Gasteiger partial charge in [-0.3, -0.25) is 14.3 Å². The lowest BCUT2D eigenvalue weighted by Gasteiger charge is -2.31. The van der Waals surface area contributed by atoms with E-state index in [1.165, 1.54) is 0 Å². The van der Waals surface area contributed by atoms with E-state index < -0.39 is 0 Å². The summed E-state index contributed by atoms with van der Waals surface area (Å²) in [5, 5.41) is 8.37. The SMILES string of the molecule is CC(=O)c1c(C)nn(CCC(=O)N2CCC(Cc3noc(C)n3)CC2)c1C. The maximum absolute atomic E-state index is 12.6. The molecule has 1 amide bonds. The fourth-order valence-electron chi connectivity index (χ4n) is 3.85. The molecule has 2 aromatic heterocycles. The molecule has 0 aliphatic carbocycles. The van der Waals surface area contributed by atoms with E-state index in [-0.39, 0.29) is 11.7 Å². The van der Waals surface area contributed by atoms with E-state index in [2.05, 4.69) is 15.2 Å². The summed E-state index contributed by atoms with van der Waals surface area (Å²) in [4.78, 5) is 30.4. The highest BCUT2D eigenvalue weighted by molar-refractivity contribution is 5.96. The van der Waals surface area contributed by atoms with Gasteiger partial charge in [-0.05, 0) is 39.5 Å². The average molecular weight is 373 g/mol. The van der Waals surface area contributed by atoms with Gasteiger partial charge in [0, 0.05) is 45.1 Å². The Morgan fingerprint density at radius 2 is 1.89 bits per heavy atom. The van der Waals surface area contributed by atoms with Crippen molar-refractivity contribution in [3.63, 3.8) is 0 Å². The highest BCUT2D eigenvalue weighted by atomic mass is 16.5. The maximum Gasteiger partial charge on any atom is 0.224 e. The number of likely N-dealkylation sites (tertiary alicyclic amines) is 1. The third kappa shape index (κ3) is 4.43. The van der Waals surface area contributed by atoms with Crippen LogP contribution in [0.3, 0.4) is 0 Å². The second-order valence-electron chi connectivity index (χ2n) is 7.33. The second-order valence-corrected chi connectivity index (χ2v) is 7.33. The van der Waals surface area contributed by atoms with Gasteiger partial charge >= 0.3 is 0 Å². The third-order valence-corrected chi connectivity index (χ3v) is 5.28. The Kier molecular flexibility index (Phi) is 5.72. The van der Waals surface area contributed by atoms with Gasteiger partial charge in [0.05, 0.1) is 11.3 Å². The Balaban J connectivity index is 1.48. The molecule has 8 nitrogen and oxygen atoms in total. The first kappa shape index (κ1) is 19.3. The lowest BCUT2D eigenvalue weighted by atomic mass is 9.93. The molecule has 146 valence electrons. The molecule has 0 N–H and O–H groups in total. The molecule has 0 aromatic carbocycles. The predicted octanol–water partition coefficient (Wildman–Crippen LogP) is 2.27. The van der Waals surface area contributed by atoms with Crippen LogP contribution in [0, 0.1) is 26.7 Å². The van der Waals surface area contributed by atoms with Gasteiger partial charge < -0.3 is 9.42 Å². The molecule has 3 rings (SSSR count). The van der Waals surface area contributed by atoms with Crippen LogP contribution in [-0.2, 0) is 17.8 Å². The van der Waals surface area contributed by atoms with Crippen LogP contribution in [-0.4, -0.2) is 49.6 Å². The molecular weight excluding hydrogens is 346 g/mol. The van der Waals surface area contributed by atoms with Gasteiger partial charge in [-0.15, -0.1) is 0 Å². The van der Waals surface area contributed by atoms with E-state index in [1.807, 2.05) is 18.7 Å². The molecule has 27 heavy (non-hydrogen) atoms. The van der Waals surface area contributed by atoms with E-state index in [9.17, 15) is 9.59 Å². The summed E-state index contributed by atoms with van der Waals surface area (Å²) < 4.78 is 6.79. The number of hydrogen-bond donors (Lipinski definition) is 0. The molecule has 8 heteroatoms. The first-order valence-electron chi connectivity index (χ1n) is 9.47. The zero-order valence-corrected chi connectivity index (χ0v) is 16.5. The van der Waals surface area contributed by atoms with Gasteiger partial charge in [0.15, 0.2) is 11.6 Å². The van der Waals surface area contributed by atoms with Crippen LogP contribution in [0.15, 0.2) is 4.52 Å². The van der Waals surface area contributed by atoms with Crippen LogP contribution in [0.25, 0.3) is 0 Å². The molecule has 1 saturated heterocycles. The molecule has 0 spiro atoms. The van der Waals surface area contributed by atoms with Crippen molar-refractivity contribution in [1.82, 2.24) is 24.8 Å². The molecule has 0 saturated carbocycles. The molecule has 2 aromatic rings. The average Bonchev–Trinajstić information content (AvgIpc) is 3.15. The first-order chi connectivity index (χ1) is 12.8. The Bertz CT molecular complexity index is 831. The fourth-order valence-corrected chi connectivity index (χ4v) is 3.85. The molecule has 0 atom stereocenters. The number of ketones is 1. The number of rotatable bonds is 6. The van der Waals surface area contributed by atoms with Crippen molar-refractivity contribution in [2.24, 2.45) is 5.92 Å². The monoisotopic (exact) mass is 373 g/mol. The number of piperidine rings is 1. The largest absolute Gasteiger partial charge is 0.343 e. The van der Waals surface area contributed by atoms with Gasteiger partial charge in [-0.25, -0.2) is 0 Å². The summed E-state index contributed by atoms with van der Waals surface area (Å²) in [6, 6.07) is 0. The van der Waals surface area contributed by atoms with Gasteiger partial charge in [0.2, 0.25) is 11.8 Å².